The maximum absolute atomic E-state index is 12.5. The minimum Gasteiger partial charge on any atom is -0.493 e. The molecule has 2 aromatic carbocycles. The molecule has 7 nitrogen and oxygen atoms in total. The van der Waals surface area contributed by atoms with E-state index in [4.69, 9.17) is 18.9 Å². The van der Waals surface area contributed by atoms with Crippen LogP contribution in [0.3, 0.4) is 0 Å². The van der Waals surface area contributed by atoms with E-state index >= 15 is 0 Å². The van der Waals surface area contributed by atoms with Crippen LogP contribution in [0.15, 0.2) is 36.4 Å². The molecule has 1 heterocycles. The summed E-state index contributed by atoms with van der Waals surface area (Å²) in [5.41, 5.74) is 1.42. The van der Waals surface area contributed by atoms with Crippen molar-refractivity contribution in [1.82, 2.24) is 0 Å². The second-order valence-corrected chi connectivity index (χ2v) is 6.01. The van der Waals surface area contributed by atoms with E-state index in [1.165, 1.54) is 0 Å². The maximum Gasteiger partial charge on any atom is 0.246 e. The number of methoxy groups -OCH3 is 1. The molecule has 0 saturated carbocycles. The topological polar surface area (TPSA) is 78.1 Å². The zero-order chi connectivity index (χ0) is 19.2. The lowest BCUT2D eigenvalue weighted by molar-refractivity contribution is -0.116. The number of nitrogens with one attached hydrogen (secondary N) is 2. The van der Waals surface area contributed by atoms with Crippen LogP contribution in [0, 0.1) is 0 Å². The van der Waals surface area contributed by atoms with Crippen molar-refractivity contribution in [2.45, 2.75) is 19.9 Å². The van der Waals surface area contributed by atoms with E-state index in [0.717, 1.165) is 5.69 Å². The van der Waals surface area contributed by atoms with Crippen molar-refractivity contribution < 1.29 is 23.7 Å². The van der Waals surface area contributed by atoms with Crippen molar-refractivity contribution >= 4 is 17.3 Å². The Bertz CT molecular complexity index is 809. The van der Waals surface area contributed by atoms with Gasteiger partial charge in [0.15, 0.2) is 23.0 Å². The molecule has 7 heteroatoms. The predicted molar refractivity (Wildman–Crippen MR) is 103 cm³/mol. The monoisotopic (exact) mass is 372 g/mol. The third-order valence-electron chi connectivity index (χ3n) is 4.05. The minimum atomic E-state index is -0.458. The fourth-order valence-corrected chi connectivity index (χ4v) is 2.72. The van der Waals surface area contributed by atoms with Gasteiger partial charge in [-0.15, -0.1) is 0 Å². The number of hydrogen-bond acceptors (Lipinski definition) is 6. The van der Waals surface area contributed by atoms with Crippen LogP contribution in [-0.4, -0.2) is 38.9 Å². The first kappa shape index (κ1) is 18.7. The summed E-state index contributed by atoms with van der Waals surface area (Å²) in [6.07, 6.45) is 0. The molecule has 3 rings (SSSR count). The molecular formula is C20H24N2O5. The van der Waals surface area contributed by atoms with Crippen LogP contribution in [0.5, 0.6) is 23.0 Å². The van der Waals surface area contributed by atoms with E-state index < -0.39 is 6.04 Å². The standard InChI is InChI=1S/C20H24N2O5/c1-4-25-16-7-5-14(11-18(16)24-3)21-13(2)20(23)22-15-6-8-17-19(12-15)27-10-9-26-17/h5-8,11-13,21H,4,9-10H2,1-3H3,(H,22,23)/t13-/m1/s1. The van der Waals surface area contributed by atoms with Gasteiger partial charge in [-0.3, -0.25) is 4.79 Å². The third kappa shape index (κ3) is 4.55. The fourth-order valence-electron chi connectivity index (χ4n) is 2.72. The first-order valence-corrected chi connectivity index (χ1v) is 8.88. The van der Waals surface area contributed by atoms with Crippen molar-refractivity contribution in [3.05, 3.63) is 36.4 Å². The Morgan fingerprint density at radius 1 is 1.07 bits per heavy atom. The lowest BCUT2D eigenvalue weighted by Crippen LogP contribution is -2.31. The number of ether oxygens (including phenoxy) is 4. The molecule has 0 aliphatic carbocycles. The maximum atomic E-state index is 12.5. The molecule has 1 aliphatic heterocycles. The van der Waals surface area contributed by atoms with Crippen molar-refractivity contribution in [2.75, 3.05) is 37.6 Å². The lowest BCUT2D eigenvalue weighted by Gasteiger charge is -2.20. The first-order valence-electron chi connectivity index (χ1n) is 8.88. The van der Waals surface area contributed by atoms with Crippen LogP contribution in [0.2, 0.25) is 0 Å². The molecule has 0 aromatic heterocycles. The quantitative estimate of drug-likeness (QED) is 0.776. The van der Waals surface area contributed by atoms with Crippen LogP contribution in [0.1, 0.15) is 13.8 Å². The fraction of sp³-hybridized carbons (Fsp3) is 0.350. The van der Waals surface area contributed by atoms with Crippen molar-refractivity contribution in [3.63, 3.8) is 0 Å². The van der Waals surface area contributed by atoms with E-state index in [-0.39, 0.29) is 5.91 Å². The second-order valence-electron chi connectivity index (χ2n) is 6.01. The molecule has 0 bridgehead atoms. The van der Waals surface area contributed by atoms with Gasteiger partial charge in [0.05, 0.1) is 13.7 Å². The molecule has 144 valence electrons. The third-order valence-corrected chi connectivity index (χ3v) is 4.05. The molecule has 0 unspecified atom stereocenters. The number of benzene rings is 2. The Labute approximate surface area is 158 Å². The van der Waals surface area contributed by atoms with Crippen LogP contribution in [0.4, 0.5) is 11.4 Å². The Morgan fingerprint density at radius 3 is 2.56 bits per heavy atom. The first-order chi connectivity index (χ1) is 13.1. The van der Waals surface area contributed by atoms with Gasteiger partial charge in [0, 0.05) is 23.5 Å². The van der Waals surface area contributed by atoms with Crippen LogP contribution in [-0.2, 0) is 4.79 Å². The Kier molecular flexibility index (Phi) is 5.90. The van der Waals surface area contributed by atoms with Crippen molar-refractivity contribution in [2.24, 2.45) is 0 Å². The minimum absolute atomic E-state index is 0.167. The molecular weight excluding hydrogens is 348 g/mol. The number of rotatable bonds is 7. The van der Waals surface area contributed by atoms with Gasteiger partial charge in [-0.25, -0.2) is 0 Å². The molecule has 0 saturated heterocycles. The average molecular weight is 372 g/mol. The predicted octanol–water partition coefficient (Wildman–Crippen LogP) is 3.30. The SMILES string of the molecule is CCOc1ccc(N[C@H](C)C(=O)Nc2ccc3c(c2)OCCO3)cc1OC. The molecule has 2 N–H and O–H groups in total. The molecule has 1 aliphatic rings. The van der Waals surface area contributed by atoms with Gasteiger partial charge in [0.2, 0.25) is 5.91 Å². The van der Waals surface area contributed by atoms with Gasteiger partial charge in [-0.1, -0.05) is 0 Å². The highest BCUT2D eigenvalue weighted by molar-refractivity contribution is 5.96. The lowest BCUT2D eigenvalue weighted by atomic mass is 10.2. The zero-order valence-corrected chi connectivity index (χ0v) is 15.7. The molecule has 27 heavy (non-hydrogen) atoms. The average Bonchev–Trinajstić information content (AvgIpc) is 2.69. The van der Waals surface area contributed by atoms with Crippen LogP contribution >= 0.6 is 0 Å². The summed E-state index contributed by atoms with van der Waals surface area (Å²) >= 11 is 0. The largest absolute Gasteiger partial charge is 0.493 e. The van der Waals surface area contributed by atoms with E-state index in [1.54, 1.807) is 38.3 Å². The van der Waals surface area contributed by atoms with E-state index in [1.807, 2.05) is 19.1 Å². The van der Waals surface area contributed by atoms with E-state index in [9.17, 15) is 4.79 Å². The van der Waals surface area contributed by atoms with Crippen molar-refractivity contribution in [3.8, 4) is 23.0 Å². The second kappa shape index (κ2) is 8.53. The van der Waals surface area contributed by atoms with Gasteiger partial charge in [0.1, 0.15) is 19.3 Å². The number of hydrogen-bond donors (Lipinski definition) is 2. The Morgan fingerprint density at radius 2 is 1.81 bits per heavy atom. The highest BCUT2D eigenvalue weighted by Crippen LogP contribution is 2.33. The Hall–Kier alpha value is -3.09. The Balaban J connectivity index is 1.64. The van der Waals surface area contributed by atoms with Gasteiger partial charge < -0.3 is 29.6 Å². The van der Waals surface area contributed by atoms with Crippen LogP contribution in [0.25, 0.3) is 0 Å². The van der Waals surface area contributed by atoms with E-state index in [0.29, 0.717) is 48.5 Å². The summed E-state index contributed by atoms with van der Waals surface area (Å²) in [6, 6.07) is 10.4. The smallest absolute Gasteiger partial charge is 0.246 e. The number of anilines is 2. The van der Waals surface area contributed by atoms with E-state index in [2.05, 4.69) is 10.6 Å². The number of fused-ring (bicyclic) bond motifs is 1. The summed E-state index contributed by atoms with van der Waals surface area (Å²) in [7, 11) is 1.58. The number of amides is 1. The highest BCUT2D eigenvalue weighted by Gasteiger charge is 2.17. The van der Waals surface area contributed by atoms with Gasteiger partial charge in [0.25, 0.3) is 0 Å². The normalized spacial score (nSPS) is 13.4. The summed E-state index contributed by atoms with van der Waals surface area (Å²) < 4.78 is 21.9. The molecule has 1 amide bonds. The molecule has 0 fully saturated rings. The summed E-state index contributed by atoms with van der Waals surface area (Å²) in [5.74, 6) is 2.43. The summed E-state index contributed by atoms with van der Waals surface area (Å²) in [4.78, 5) is 12.5. The van der Waals surface area contributed by atoms with Crippen LogP contribution < -0.4 is 29.6 Å². The number of carbonyl (C=O) groups excluding carboxylic acids is 1. The highest BCUT2D eigenvalue weighted by atomic mass is 16.6. The van der Waals surface area contributed by atoms with Gasteiger partial charge in [-0.05, 0) is 38.1 Å². The summed E-state index contributed by atoms with van der Waals surface area (Å²) in [5, 5.41) is 6.04. The van der Waals surface area contributed by atoms with Crippen molar-refractivity contribution in [1.29, 1.82) is 0 Å². The zero-order valence-electron chi connectivity index (χ0n) is 15.7. The summed E-state index contributed by atoms with van der Waals surface area (Å²) in [6.45, 7) is 5.29. The molecule has 0 radical (unpaired) electrons. The van der Waals surface area contributed by atoms with Gasteiger partial charge in [-0.2, -0.15) is 0 Å². The molecule has 0 spiro atoms. The number of carbonyl (C=O) groups is 1. The molecule has 1 atom stereocenters. The molecule has 2 aromatic rings. The van der Waals surface area contributed by atoms with Gasteiger partial charge >= 0.3 is 0 Å².